The lowest BCUT2D eigenvalue weighted by molar-refractivity contribution is -0.273. The fourth-order valence-electron chi connectivity index (χ4n) is 10.8. The number of carbonyl (C=O) groups excluding carboxylic acids is 1. The molecular formula is C32H48O9. The van der Waals surface area contributed by atoms with Crippen molar-refractivity contribution in [1.82, 2.24) is 0 Å². The summed E-state index contributed by atoms with van der Waals surface area (Å²) in [6.45, 7) is 6.62. The van der Waals surface area contributed by atoms with Crippen LogP contribution in [0.5, 0.6) is 0 Å². The van der Waals surface area contributed by atoms with Crippen LogP contribution in [-0.4, -0.2) is 77.3 Å². The second-order valence-corrected chi connectivity index (χ2v) is 14.5. The van der Waals surface area contributed by atoms with Gasteiger partial charge in [0.05, 0.1) is 23.9 Å². The Labute approximate surface area is 242 Å². The van der Waals surface area contributed by atoms with E-state index in [1.807, 2.05) is 6.92 Å². The standard InChI is InChI=1S/C32H48O9/c1-17-29(36)24(38-4)14-27(40-17)41-21-7-9-30(2)20(13-21)5-6-23-22(30)8-10-31(3)28(19-12-26(35)39-16-19)18(11-25(33)34)15-32(23,31)37/h12,17-18,20-24,27-29,36-37H,5-11,13-16H2,1-4H3,(H,33,34)/t17-,18+,20-,21-,22+,23-,24-,27+,28-,29+,30+,31-,32-/m1/s1. The largest absolute Gasteiger partial charge is 0.481 e. The van der Waals surface area contributed by atoms with Crippen LogP contribution in [0.3, 0.4) is 0 Å². The number of cyclic esters (lactones) is 1. The van der Waals surface area contributed by atoms with Gasteiger partial charge >= 0.3 is 11.9 Å². The molecule has 1 saturated heterocycles. The van der Waals surface area contributed by atoms with E-state index in [9.17, 15) is 24.9 Å². The average molecular weight is 577 g/mol. The lowest BCUT2D eigenvalue weighted by Crippen LogP contribution is -2.62. The summed E-state index contributed by atoms with van der Waals surface area (Å²) in [5, 5.41) is 32.8. The topological polar surface area (TPSA) is 132 Å². The van der Waals surface area contributed by atoms with E-state index in [4.69, 9.17) is 18.9 Å². The third-order valence-electron chi connectivity index (χ3n) is 12.8. The Morgan fingerprint density at radius 2 is 1.90 bits per heavy atom. The predicted molar refractivity (Wildman–Crippen MR) is 147 cm³/mol. The van der Waals surface area contributed by atoms with Crippen LogP contribution >= 0.6 is 0 Å². The molecule has 4 saturated carbocycles. The molecule has 9 nitrogen and oxygen atoms in total. The molecule has 3 N–H and O–H groups in total. The van der Waals surface area contributed by atoms with Crippen LogP contribution in [0.15, 0.2) is 11.6 Å². The third kappa shape index (κ3) is 4.69. The Hall–Kier alpha value is -1.52. The number of aliphatic hydroxyl groups excluding tert-OH is 1. The van der Waals surface area contributed by atoms with Gasteiger partial charge in [-0.05, 0) is 98.9 Å². The van der Waals surface area contributed by atoms with E-state index in [1.165, 1.54) is 0 Å². The molecule has 41 heavy (non-hydrogen) atoms. The number of esters is 1. The van der Waals surface area contributed by atoms with Gasteiger partial charge < -0.3 is 34.3 Å². The van der Waals surface area contributed by atoms with Crippen molar-refractivity contribution in [3.8, 4) is 0 Å². The number of aliphatic hydroxyl groups is 2. The van der Waals surface area contributed by atoms with Crippen molar-refractivity contribution in [2.75, 3.05) is 13.7 Å². The molecule has 0 aromatic rings. The van der Waals surface area contributed by atoms with Crippen LogP contribution in [0.2, 0.25) is 0 Å². The maximum Gasteiger partial charge on any atom is 0.331 e. The van der Waals surface area contributed by atoms with Gasteiger partial charge in [-0.3, -0.25) is 4.79 Å². The van der Waals surface area contributed by atoms with Crippen molar-refractivity contribution in [3.63, 3.8) is 0 Å². The molecule has 0 aromatic carbocycles. The Kier molecular flexibility index (Phi) is 7.62. The van der Waals surface area contributed by atoms with E-state index in [-0.39, 0.29) is 66.8 Å². The molecule has 230 valence electrons. The first-order valence-corrected chi connectivity index (χ1v) is 15.7. The van der Waals surface area contributed by atoms with Gasteiger partial charge in [-0.15, -0.1) is 0 Å². The maximum absolute atomic E-state index is 12.7. The minimum Gasteiger partial charge on any atom is -0.481 e. The number of fused-ring (bicyclic) bond motifs is 5. The molecule has 0 unspecified atom stereocenters. The van der Waals surface area contributed by atoms with E-state index in [1.54, 1.807) is 13.2 Å². The van der Waals surface area contributed by atoms with Gasteiger partial charge in [-0.2, -0.15) is 0 Å². The van der Waals surface area contributed by atoms with Crippen LogP contribution in [-0.2, 0) is 28.5 Å². The smallest absolute Gasteiger partial charge is 0.331 e. The van der Waals surface area contributed by atoms with Crippen molar-refractivity contribution in [3.05, 3.63) is 11.6 Å². The highest BCUT2D eigenvalue weighted by molar-refractivity contribution is 5.85. The van der Waals surface area contributed by atoms with E-state index in [2.05, 4.69) is 13.8 Å². The van der Waals surface area contributed by atoms with Gasteiger partial charge in [0, 0.05) is 31.4 Å². The summed E-state index contributed by atoms with van der Waals surface area (Å²) < 4.78 is 23.2. The summed E-state index contributed by atoms with van der Waals surface area (Å²) in [6, 6.07) is 0. The number of carbonyl (C=O) groups is 2. The highest BCUT2D eigenvalue weighted by Gasteiger charge is 2.70. The molecule has 4 aliphatic carbocycles. The summed E-state index contributed by atoms with van der Waals surface area (Å²) in [7, 11) is 1.62. The van der Waals surface area contributed by atoms with Gasteiger partial charge in [0.15, 0.2) is 6.29 Å². The van der Waals surface area contributed by atoms with Gasteiger partial charge in [0.25, 0.3) is 0 Å². The Morgan fingerprint density at radius 1 is 1.12 bits per heavy atom. The van der Waals surface area contributed by atoms with E-state index in [0.29, 0.717) is 24.7 Å². The summed E-state index contributed by atoms with van der Waals surface area (Å²) in [5.41, 5.74) is -0.526. The fraction of sp³-hybridized carbons (Fsp3) is 0.875. The first kappa shape index (κ1) is 29.5. The normalized spacial score (nSPS) is 51.3. The van der Waals surface area contributed by atoms with Gasteiger partial charge in [0.1, 0.15) is 12.7 Å². The van der Waals surface area contributed by atoms with Crippen LogP contribution in [0.25, 0.3) is 0 Å². The van der Waals surface area contributed by atoms with Gasteiger partial charge in [0.2, 0.25) is 0 Å². The molecule has 6 rings (SSSR count). The zero-order valence-corrected chi connectivity index (χ0v) is 24.9. The third-order valence-corrected chi connectivity index (χ3v) is 12.8. The SMILES string of the molecule is CO[C@@H]1C[C@H](O[C@@H]2CC[C@@]3(C)[C@H](CC[C@@H]4[C@@H]3CC[C@]3(C)[C@@H](C5=CC(=O)OC5)[C@@H](CC(=O)O)C[C@@]43O)C2)O[C@H](C)[C@@H]1O. The molecule has 0 amide bonds. The fourth-order valence-corrected chi connectivity index (χ4v) is 10.8. The van der Waals surface area contributed by atoms with Crippen molar-refractivity contribution in [1.29, 1.82) is 0 Å². The molecule has 2 heterocycles. The van der Waals surface area contributed by atoms with Gasteiger partial charge in [-0.25, -0.2) is 4.79 Å². The van der Waals surface area contributed by atoms with Crippen molar-refractivity contribution in [2.45, 2.75) is 121 Å². The monoisotopic (exact) mass is 576 g/mol. The second-order valence-electron chi connectivity index (χ2n) is 14.5. The number of hydrogen-bond donors (Lipinski definition) is 3. The van der Waals surface area contributed by atoms with E-state index >= 15 is 0 Å². The minimum atomic E-state index is -0.976. The molecule has 6 aliphatic rings. The van der Waals surface area contributed by atoms with Crippen molar-refractivity contribution in [2.24, 2.45) is 40.4 Å². The first-order chi connectivity index (χ1) is 19.4. The summed E-state index contributed by atoms with van der Waals surface area (Å²) in [5.74, 6) is -0.663. The molecule has 0 spiro atoms. The first-order valence-electron chi connectivity index (χ1n) is 15.7. The van der Waals surface area contributed by atoms with Crippen LogP contribution in [0, 0.1) is 40.4 Å². The molecular weight excluding hydrogens is 528 g/mol. The zero-order valence-electron chi connectivity index (χ0n) is 24.9. The van der Waals surface area contributed by atoms with Crippen LogP contribution < -0.4 is 0 Å². The molecule has 0 aromatic heterocycles. The molecule has 9 heteroatoms. The molecule has 0 bridgehead atoms. The van der Waals surface area contributed by atoms with Crippen molar-refractivity contribution < 1.29 is 43.9 Å². The number of aliphatic carboxylic acids is 1. The highest BCUT2D eigenvalue weighted by Crippen LogP contribution is 2.71. The molecule has 2 aliphatic heterocycles. The molecule has 13 atom stereocenters. The molecule has 0 radical (unpaired) electrons. The number of ether oxygens (including phenoxy) is 4. The van der Waals surface area contributed by atoms with Crippen LogP contribution in [0.1, 0.15) is 85.0 Å². The summed E-state index contributed by atoms with van der Waals surface area (Å²) in [4.78, 5) is 23.9. The highest BCUT2D eigenvalue weighted by atomic mass is 16.7. The number of methoxy groups -OCH3 is 1. The number of rotatable bonds is 6. The number of hydrogen-bond acceptors (Lipinski definition) is 8. The number of carboxylic acid groups (broad SMARTS) is 1. The second kappa shape index (κ2) is 10.6. The Morgan fingerprint density at radius 3 is 2.59 bits per heavy atom. The summed E-state index contributed by atoms with van der Waals surface area (Å²) in [6.07, 6.45) is 7.57. The predicted octanol–water partition coefficient (Wildman–Crippen LogP) is 3.84. The quantitative estimate of drug-likeness (QED) is 0.319. The Balaban J connectivity index is 1.19. The lowest BCUT2D eigenvalue weighted by atomic mass is 9.43. The number of carboxylic acids is 1. The summed E-state index contributed by atoms with van der Waals surface area (Å²) >= 11 is 0. The van der Waals surface area contributed by atoms with Crippen molar-refractivity contribution >= 4 is 11.9 Å². The zero-order chi connectivity index (χ0) is 29.3. The van der Waals surface area contributed by atoms with Crippen LogP contribution in [0.4, 0.5) is 0 Å². The minimum absolute atomic E-state index is 0.00674. The lowest BCUT2D eigenvalue weighted by Gasteiger charge is -2.63. The van der Waals surface area contributed by atoms with E-state index in [0.717, 1.165) is 50.5 Å². The van der Waals surface area contributed by atoms with Gasteiger partial charge in [-0.1, -0.05) is 13.8 Å². The molecule has 5 fully saturated rings. The average Bonchev–Trinajstić information content (AvgIpc) is 3.42. The Bertz CT molecular complexity index is 1080. The maximum atomic E-state index is 12.7. The van der Waals surface area contributed by atoms with E-state index < -0.39 is 23.1 Å².